The summed E-state index contributed by atoms with van der Waals surface area (Å²) in [5.74, 6) is -0.244. The van der Waals surface area contributed by atoms with Crippen LogP contribution >= 0.6 is 0 Å². The van der Waals surface area contributed by atoms with Crippen molar-refractivity contribution in [2.75, 3.05) is 31.3 Å². The fraction of sp³-hybridized carbons (Fsp3) is 0.320. The molecule has 2 aromatic rings. The van der Waals surface area contributed by atoms with E-state index in [-0.39, 0.29) is 11.2 Å². The zero-order valence-corrected chi connectivity index (χ0v) is 19.4. The normalized spacial score (nSPS) is 15.8. The van der Waals surface area contributed by atoms with Crippen LogP contribution in [0.4, 0.5) is 11.4 Å². The van der Waals surface area contributed by atoms with Crippen molar-refractivity contribution in [3.63, 3.8) is 0 Å². The third-order valence-corrected chi connectivity index (χ3v) is 6.45. The summed E-state index contributed by atoms with van der Waals surface area (Å²) in [6.07, 6.45) is 8.56. The van der Waals surface area contributed by atoms with Crippen LogP contribution in [0.1, 0.15) is 31.4 Å². The fourth-order valence-electron chi connectivity index (χ4n) is 3.98. The molecule has 0 amide bonds. The highest BCUT2D eigenvalue weighted by Gasteiger charge is 2.43. The summed E-state index contributed by atoms with van der Waals surface area (Å²) in [7, 11) is 0.0758. The lowest BCUT2D eigenvalue weighted by atomic mass is 9.81. The SMILES string of the molecule is CN(C)c1ccc(C=CC=CC2=[N+](CCCS(=O)(=O)O)c3ccccc3C2(C)C)cc1. The highest BCUT2D eigenvalue weighted by molar-refractivity contribution is 7.85. The van der Waals surface area contributed by atoms with E-state index in [4.69, 9.17) is 4.55 Å². The van der Waals surface area contributed by atoms with Crippen molar-refractivity contribution in [2.45, 2.75) is 25.7 Å². The first-order chi connectivity index (χ1) is 14.6. The topological polar surface area (TPSA) is 60.6 Å². The predicted octanol–water partition coefficient (Wildman–Crippen LogP) is 4.68. The minimum atomic E-state index is -3.97. The van der Waals surface area contributed by atoms with Gasteiger partial charge in [0.05, 0.1) is 11.2 Å². The molecule has 164 valence electrons. The number of hydrogen-bond donors (Lipinski definition) is 1. The van der Waals surface area contributed by atoms with Gasteiger partial charge >= 0.3 is 0 Å². The van der Waals surface area contributed by atoms with E-state index in [0.717, 1.165) is 22.6 Å². The molecule has 0 aromatic heterocycles. The van der Waals surface area contributed by atoms with E-state index >= 15 is 0 Å². The highest BCUT2D eigenvalue weighted by Crippen LogP contribution is 2.39. The van der Waals surface area contributed by atoms with Crippen molar-refractivity contribution in [1.29, 1.82) is 0 Å². The zero-order valence-electron chi connectivity index (χ0n) is 18.6. The molecule has 0 bridgehead atoms. The molecule has 0 fully saturated rings. The summed E-state index contributed by atoms with van der Waals surface area (Å²) in [5.41, 5.74) is 5.49. The minimum Gasteiger partial charge on any atom is -0.378 e. The molecule has 0 radical (unpaired) electrons. The first-order valence-electron chi connectivity index (χ1n) is 10.4. The van der Waals surface area contributed by atoms with Crippen LogP contribution in [0.2, 0.25) is 0 Å². The third-order valence-electron chi connectivity index (χ3n) is 5.65. The van der Waals surface area contributed by atoms with Crippen LogP contribution in [0, 0.1) is 0 Å². The average Bonchev–Trinajstić information content (AvgIpc) is 2.92. The molecule has 0 atom stereocenters. The van der Waals surface area contributed by atoms with Gasteiger partial charge in [-0.3, -0.25) is 4.55 Å². The molecule has 1 heterocycles. The van der Waals surface area contributed by atoms with Gasteiger partial charge in [0.1, 0.15) is 6.54 Å². The average molecular weight is 440 g/mol. The first-order valence-corrected chi connectivity index (χ1v) is 12.0. The summed E-state index contributed by atoms with van der Waals surface area (Å²) in [5, 5.41) is 0. The van der Waals surface area contributed by atoms with Crippen LogP contribution in [-0.4, -0.2) is 49.7 Å². The Hall–Kier alpha value is -2.70. The quantitative estimate of drug-likeness (QED) is 0.369. The standard InChI is InChI=1S/C25H30N2O3S/c1-25(2)22-11-6-7-12-23(22)27(18-9-19-31(28,29)30)24(25)13-8-5-10-20-14-16-21(17-15-20)26(3)4/h5-8,10-17H,9,18-19H2,1-4H3/p+1. The van der Waals surface area contributed by atoms with Gasteiger partial charge in [-0.25, -0.2) is 0 Å². The lowest BCUT2D eigenvalue weighted by molar-refractivity contribution is -0.437. The second-order valence-corrected chi connectivity index (χ2v) is 10.1. The summed E-state index contributed by atoms with van der Waals surface area (Å²) in [4.78, 5) is 2.07. The zero-order chi connectivity index (χ0) is 22.6. The van der Waals surface area contributed by atoms with E-state index in [9.17, 15) is 8.42 Å². The number of allylic oxidation sites excluding steroid dienone is 3. The number of rotatable bonds is 8. The first kappa shape index (κ1) is 23.0. The molecule has 5 nitrogen and oxygen atoms in total. The Morgan fingerprint density at radius 1 is 1.00 bits per heavy atom. The minimum absolute atomic E-state index is 0.202. The number of nitrogens with zero attached hydrogens (tertiary/aromatic N) is 2. The van der Waals surface area contributed by atoms with E-state index in [1.807, 2.05) is 38.4 Å². The molecule has 0 aliphatic carbocycles. The Kier molecular flexibility index (Phi) is 6.82. The van der Waals surface area contributed by atoms with Gasteiger partial charge in [0.25, 0.3) is 10.1 Å². The molecule has 0 unspecified atom stereocenters. The number of para-hydroxylation sites is 1. The molecule has 2 aromatic carbocycles. The number of fused-ring (bicyclic) bond motifs is 1. The van der Waals surface area contributed by atoms with Crippen molar-refractivity contribution in [1.82, 2.24) is 0 Å². The number of anilines is 1. The van der Waals surface area contributed by atoms with E-state index in [1.165, 1.54) is 5.56 Å². The van der Waals surface area contributed by atoms with Crippen molar-refractivity contribution < 1.29 is 17.5 Å². The summed E-state index contributed by atoms with van der Waals surface area (Å²) >= 11 is 0. The lowest BCUT2D eigenvalue weighted by Crippen LogP contribution is -2.28. The molecule has 0 spiro atoms. The highest BCUT2D eigenvalue weighted by atomic mass is 32.2. The van der Waals surface area contributed by atoms with E-state index in [2.05, 4.69) is 71.9 Å². The van der Waals surface area contributed by atoms with Crippen molar-refractivity contribution in [2.24, 2.45) is 0 Å². The van der Waals surface area contributed by atoms with Gasteiger partial charge in [-0.2, -0.15) is 13.0 Å². The Morgan fingerprint density at radius 3 is 2.29 bits per heavy atom. The van der Waals surface area contributed by atoms with Crippen LogP contribution in [-0.2, 0) is 15.5 Å². The molecule has 1 N–H and O–H groups in total. The van der Waals surface area contributed by atoms with Crippen molar-refractivity contribution in [3.05, 3.63) is 77.9 Å². The Morgan fingerprint density at radius 2 is 1.65 bits per heavy atom. The van der Waals surface area contributed by atoms with Gasteiger partial charge in [0, 0.05) is 43.9 Å². The Balaban J connectivity index is 1.84. The monoisotopic (exact) mass is 439 g/mol. The van der Waals surface area contributed by atoms with Crippen LogP contribution in [0.15, 0.2) is 66.8 Å². The van der Waals surface area contributed by atoms with Crippen LogP contribution < -0.4 is 4.90 Å². The molecule has 0 saturated heterocycles. The third kappa shape index (κ3) is 5.51. The van der Waals surface area contributed by atoms with Gasteiger partial charge in [0.15, 0.2) is 5.71 Å². The van der Waals surface area contributed by atoms with Crippen LogP contribution in [0.5, 0.6) is 0 Å². The fourth-order valence-corrected chi connectivity index (χ4v) is 4.48. The predicted molar refractivity (Wildman–Crippen MR) is 129 cm³/mol. The largest absolute Gasteiger partial charge is 0.378 e. The number of benzene rings is 2. The summed E-state index contributed by atoms with van der Waals surface area (Å²) < 4.78 is 33.6. The molecule has 1 aliphatic heterocycles. The summed E-state index contributed by atoms with van der Waals surface area (Å²) in [6, 6.07) is 16.6. The maximum atomic E-state index is 11.2. The van der Waals surface area contributed by atoms with Crippen molar-refractivity contribution in [3.8, 4) is 0 Å². The maximum absolute atomic E-state index is 11.2. The molecule has 6 heteroatoms. The van der Waals surface area contributed by atoms with Crippen LogP contribution in [0.3, 0.4) is 0 Å². The van der Waals surface area contributed by atoms with Gasteiger partial charge < -0.3 is 4.90 Å². The maximum Gasteiger partial charge on any atom is 0.265 e. The van der Waals surface area contributed by atoms with Gasteiger partial charge in [-0.05, 0) is 31.5 Å². The molecule has 0 saturated carbocycles. The molecular formula is C25H31N2O3S+. The molecule has 1 aliphatic rings. The van der Waals surface area contributed by atoms with Gasteiger partial charge in [-0.15, -0.1) is 0 Å². The Bertz CT molecular complexity index is 1130. The van der Waals surface area contributed by atoms with Crippen molar-refractivity contribution >= 4 is 33.3 Å². The number of hydrogen-bond acceptors (Lipinski definition) is 3. The van der Waals surface area contributed by atoms with Gasteiger partial charge in [-0.1, -0.05) is 48.6 Å². The second-order valence-electron chi connectivity index (χ2n) is 8.52. The Labute approximate surface area is 185 Å². The van der Waals surface area contributed by atoms with E-state index in [1.54, 1.807) is 0 Å². The molecule has 31 heavy (non-hydrogen) atoms. The lowest BCUT2D eigenvalue weighted by Gasteiger charge is -2.15. The van der Waals surface area contributed by atoms with Gasteiger partial charge in [0.2, 0.25) is 5.69 Å². The smallest absolute Gasteiger partial charge is 0.265 e. The second kappa shape index (κ2) is 9.20. The molecule has 3 rings (SSSR count). The summed E-state index contributed by atoms with van der Waals surface area (Å²) in [6.45, 7) is 4.88. The van der Waals surface area contributed by atoms with Crippen LogP contribution in [0.25, 0.3) is 6.08 Å². The molecular weight excluding hydrogens is 408 g/mol. The van der Waals surface area contributed by atoms with E-state index in [0.29, 0.717) is 13.0 Å². The van der Waals surface area contributed by atoms with E-state index < -0.39 is 10.1 Å².